The van der Waals surface area contributed by atoms with E-state index in [0.29, 0.717) is 11.4 Å². The van der Waals surface area contributed by atoms with Crippen LogP contribution in [0.25, 0.3) is 0 Å². The number of carbonyl (C=O) groups excluding carboxylic acids is 1. The molecule has 1 fully saturated rings. The molecule has 1 atom stereocenters. The number of primary amides is 1. The fraction of sp³-hybridized carbons (Fsp3) is 0.474. The van der Waals surface area contributed by atoms with Crippen LogP contribution in [0.15, 0.2) is 24.4 Å². The van der Waals surface area contributed by atoms with E-state index in [4.69, 9.17) is 22.1 Å². The van der Waals surface area contributed by atoms with Crippen LogP contribution in [0.1, 0.15) is 18.2 Å². The summed E-state index contributed by atoms with van der Waals surface area (Å²) in [5.41, 5.74) is 6.68. The molecule has 1 amide bonds. The molecule has 1 aliphatic heterocycles. The highest BCUT2D eigenvalue weighted by molar-refractivity contribution is 6.29. The summed E-state index contributed by atoms with van der Waals surface area (Å²) in [5, 5.41) is 10.1. The maximum atomic E-state index is 12.6. The Bertz CT molecular complexity index is 939. The number of nitrogens with two attached hydrogens (primary N) is 1. The largest absolute Gasteiger partial charge is 0.465 e. The topological polar surface area (TPSA) is 110 Å². The number of rotatable bonds is 8. The second-order valence-corrected chi connectivity index (χ2v) is 7.80. The molecule has 0 bridgehead atoms. The van der Waals surface area contributed by atoms with Gasteiger partial charge in [-0.2, -0.15) is 13.2 Å². The number of amides is 1. The van der Waals surface area contributed by atoms with Gasteiger partial charge in [-0.1, -0.05) is 11.6 Å². The molecular formula is C19H23ClF3N7O2. The zero-order valence-corrected chi connectivity index (χ0v) is 18.0. The van der Waals surface area contributed by atoms with Crippen molar-refractivity contribution in [2.24, 2.45) is 5.73 Å². The van der Waals surface area contributed by atoms with Gasteiger partial charge in [0.15, 0.2) is 11.8 Å². The van der Waals surface area contributed by atoms with Gasteiger partial charge in [0.25, 0.3) is 5.88 Å². The molecule has 0 aromatic carbocycles. The van der Waals surface area contributed by atoms with E-state index in [-0.39, 0.29) is 29.2 Å². The maximum absolute atomic E-state index is 12.6. The number of aromatic nitrogens is 3. The summed E-state index contributed by atoms with van der Waals surface area (Å²) in [4.78, 5) is 20.4. The molecule has 1 saturated heterocycles. The summed E-state index contributed by atoms with van der Waals surface area (Å²) in [5.74, 6) is -0.806. The lowest BCUT2D eigenvalue weighted by Crippen LogP contribution is -2.46. The van der Waals surface area contributed by atoms with E-state index >= 15 is 0 Å². The van der Waals surface area contributed by atoms with Crippen LogP contribution in [-0.4, -0.2) is 76.9 Å². The Kier molecular flexibility index (Phi) is 7.69. The van der Waals surface area contributed by atoms with Crippen molar-refractivity contribution in [3.8, 4) is 5.88 Å². The van der Waals surface area contributed by atoms with Crippen LogP contribution in [0.5, 0.6) is 5.88 Å². The second-order valence-electron chi connectivity index (χ2n) is 7.41. The summed E-state index contributed by atoms with van der Waals surface area (Å²) in [7, 11) is 2.02. The Balaban J connectivity index is 1.83. The van der Waals surface area contributed by atoms with E-state index < -0.39 is 18.7 Å². The molecule has 174 valence electrons. The Morgan fingerprint density at radius 3 is 2.66 bits per heavy atom. The minimum Gasteiger partial charge on any atom is -0.465 e. The number of hydrogen-bond acceptors (Lipinski definition) is 8. The predicted molar refractivity (Wildman–Crippen MR) is 112 cm³/mol. The van der Waals surface area contributed by atoms with Crippen molar-refractivity contribution in [1.82, 2.24) is 25.0 Å². The molecule has 2 aromatic heterocycles. The molecule has 9 nitrogen and oxygen atoms in total. The number of anilines is 2. The van der Waals surface area contributed by atoms with E-state index in [1.54, 1.807) is 12.1 Å². The predicted octanol–water partition coefficient (Wildman–Crippen LogP) is 2.37. The van der Waals surface area contributed by atoms with Crippen molar-refractivity contribution in [2.45, 2.75) is 18.6 Å². The standard InChI is InChI=1S/C19H23ClF3N7O2/c1-29-4-6-30(7-5-29)15(10-17(24)31)13-8-12(2-3-25-13)26-14-9-16(20)27-28-18(14)32-11-19(21,22)23/h2-3,8-9,15H,4-7,10-11H2,1H3,(H2,24,31)(H,25,26,27). The van der Waals surface area contributed by atoms with Gasteiger partial charge in [-0.25, -0.2) is 0 Å². The molecule has 3 heterocycles. The van der Waals surface area contributed by atoms with E-state index in [1.807, 2.05) is 7.05 Å². The Morgan fingerprint density at radius 1 is 1.28 bits per heavy atom. The fourth-order valence-electron chi connectivity index (χ4n) is 3.31. The first kappa shape index (κ1) is 24.0. The number of carbonyl (C=O) groups is 1. The lowest BCUT2D eigenvalue weighted by atomic mass is 10.1. The van der Waals surface area contributed by atoms with Crippen molar-refractivity contribution < 1.29 is 22.7 Å². The third kappa shape index (κ3) is 6.90. The lowest BCUT2D eigenvalue weighted by molar-refractivity contribution is -0.154. The van der Waals surface area contributed by atoms with Crippen LogP contribution in [-0.2, 0) is 4.79 Å². The monoisotopic (exact) mass is 473 g/mol. The number of pyridine rings is 1. The first-order valence-corrected chi connectivity index (χ1v) is 10.1. The van der Waals surface area contributed by atoms with Gasteiger partial charge in [-0.05, 0) is 19.2 Å². The number of nitrogens with one attached hydrogen (secondary N) is 1. The highest BCUT2D eigenvalue weighted by atomic mass is 35.5. The van der Waals surface area contributed by atoms with Crippen LogP contribution < -0.4 is 15.8 Å². The molecule has 1 aliphatic rings. The zero-order chi connectivity index (χ0) is 23.3. The number of halogens is 4. The van der Waals surface area contributed by atoms with Crippen LogP contribution in [0.3, 0.4) is 0 Å². The molecule has 2 aromatic rings. The van der Waals surface area contributed by atoms with Gasteiger partial charge in [0.1, 0.15) is 5.69 Å². The summed E-state index contributed by atoms with van der Waals surface area (Å²) in [6.07, 6.45) is -2.91. The van der Waals surface area contributed by atoms with Crippen molar-refractivity contribution in [1.29, 1.82) is 0 Å². The van der Waals surface area contributed by atoms with E-state index in [9.17, 15) is 18.0 Å². The minimum absolute atomic E-state index is 0.0230. The summed E-state index contributed by atoms with van der Waals surface area (Å²) < 4.78 is 42.4. The molecule has 0 radical (unpaired) electrons. The Labute approximate surface area is 187 Å². The van der Waals surface area contributed by atoms with Crippen LogP contribution in [0.4, 0.5) is 24.5 Å². The van der Waals surface area contributed by atoms with Crippen molar-refractivity contribution >= 4 is 28.9 Å². The maximum Gasteiger partial charge on any atom is 0.422 e. The van der Waals surface area contributed by atoms with Crippen molar-refractivity contribution in [3.63, 3.8) is 0 Å². The van der Waals surface area contributed by atoms with Crippen LogP contribution in [0, 0.1) is 0 Å². The average molecular weight is 474 g/mol. The highest BCUT2D eigenvalue weighted by Crippen LogP contribution is 2.31. The third-order valence-corrected chi connectivity index (χ3v) is 5.06. The van der Waals surface area contributed by atoms with Gasteiger partial charge in [-0.15, -0.1) is 10.2 Å². The molecular weight excluding hydrogens is 451 g/mol. The highest BCUT2D eigenvalue weighted by Gasteiger charge is 2.30. The SMILES string of the molecule is CN1CCN(C(CC(N)=O)c2cc(Nc3cc(Cl)nnc3OCC(F)(F)F)ccn2)CC1. The van der Waals surface area contributed by atoms with Gasteiger partial charge in [0, 0.05) is 50.6 Å². The first-order valence-electron chi connectivity index (χ1n) is 9.77. The molecule has 13 heteroatoms. The molecule has 0 saturated carbocycles. The molecule has 1 unspecified atom stereocenters. The molecule has 0 spiro atoms. The van der Waals surface area contributed by atoms with Gasteiger partial charge < -0.3 is 20.7 Å². The number of likely N-dealkylation sites (N-methyl/N-ethyl adjacent to an activating group) is 1. The fourth-order valence-corrected chi connectivity index (χ4v) is 3.46. The Hall–Kier alpha value is -2.70. The number of alkyl halides is 3. The Morgan fingerprint density at radius 2 is 2.00 bits per heavy atom. The molecule has 0 aliphatic carbocycles. The van der Waals surface area contributed by atoms with Gasteiger partial charge >= 0.3 is 6.18 Å². The zero-order valence-electron chi connectivity index (χ0n) is 17.3. The second kappa shape index (κ2) is 10.3. The van der Waals surface area contributed by atoms with Crippen molar-refractivity contribution in [3.05, 3.63) is 35.2 Å². The van der Waals surface area contributed by atoms with Crippen LogP contribution in [0.2, 0.25) is 5.15 Å². The van der Waals surface area contributed by atoms with E-state index in [0.717, 1.165) is 26.2 Å². The van der Waals surface area contributed by atoms with E-state index in [2.05, 4.69) is 30.3 Å². The lowest BCUT2D eigenvalue weighted by Gasteiger charge is -2.37. The van der Waals surface area contributed by atoms with Gasteiger partial charge in [0.2, 0.25) is 5.91 Å². The van der Waals surface area contributed by atoms with Gasteiger partial charge in [-0.3, -0.25) is 14.7 Å². The quantitative estimate of drug-likeness (QED) is 0.601. The van der Waals surface area contributed by atoms with E-state index in [1.165, 1.54) is 12.3 Å². The smallest absolute Gasteiger partial charge is 0.422 e. The number of ether oxygens (including phenoxy) is 1. The average Bonchev–Trinajstić information content (AvgIpc) is 2.71. The van der Waals surface area contributed by atoms with Crippen LogP contribution >= 0.6 is 11.6 Å². The summed E-state index contributed by atoms with van der Waals surface area (Å²) >= 11 is 5.86. The molecule has 32 heavy (non-hydrogen) atoms. The summed E-state index contributed by atoms with van der Waals surface area (Å²) in [6.45, 7) is 1.65. The van der Waals surface area contributed by atoms with Gasteiger partial charge in [0.05, 0.1) is 11.7 Å². The summed E-state index contributed by atoms with van der Waals surface area (Å²) in [6, 6.07) is 4.30. The third-order valence-electron chi connectivity index (χ3n) is 4.88. The minimum atomic E-state index is -4.53. The first-order chi connectivity index (χ1) is 15.1. The number of hydrogen-bond donors (Lipinski definition) is 2. The number of nitrogens with zero attached hydrogens (tertiary/aromatic N) is 5. The normalized spacial score (nSPS) is 16.5. The molecule has 3 rings (SSSR count). The molecule has 3 N–H and O–H groups in total. The van der Waals surface area contributed by atoms with Crippen molar-refractivity contribution in [2.75, 3.05) is 45.2 Å². The number of piperazine rings is 1.